The predicted octanol–water partition coefficient (Wildman–Crippen LogP) is 1.31. The lowest BCUT2D eigenvalue weighted by molar-refractivity contribution is -0.142. The summed E-state index contributed by atoms with van der Waals surface area (Å²) in [5.74, 6) is -1.38. The van der Waals surface area contributed by atoms with Crippen molar-refractivity contribution in [3.05, 3.63) is 29.8 Å². The zero-order valence-corrected chi connectivity index (χ0v) is 14.5. The third-order valence-corrected chi connectivity index (χ3v) is 6.14. The number of amides is 1. The van der Waals surface area contributed by atoms with E-state index in [-0.39, 0.29) is 22.8 Å². The molecule has 0 atom stereocenters. The molecule has 0 unspecified atom stereocenters. The maximum absolute atomic E-state index is 12.2. The number of carboxylic acid groups (broad SMARTS) is 1. The molecule has 1 aliphatic carbocycles. The number of hydrogen-bond donors (Lipinski definition) is 2. The van der Waals surface area contributed by atoms with Gasteiger partial charge in [-0.25, -0.2) is 12.7 Å². The van der Waals surface area contributed by atoms with Crippen LogP contribution in [-0.4, -0.2) is 49.8 Å². The molecule has 1 fully saturated rings. The lowest BCUT2D eigenvalue weighted by Crippen LogP contribution is -2.38. The molecule has 0 spiro atoms. The van der Waals surface area contributed by atoms with Gasteiger partial charge in [-0.1, -0.05) is 0 Å². The average molecular weight is 354 g/mol. The van der Waals surface area contributed by atoms with Crippen molar-refractivity contribution in [1.29, 1.82) is 0 Å². The molecule has 1 amide bonds. The number of benzene rings is 1. The minimum atomic E-state index is -3.51. The molecule has 0 saturated heterocycles. The number of nitrogens with zero attached hydrogens (tertiary/aromatic N) is 1. The molecule has 0 radical (unpaired) electrons. The molecule has 1 aromatic carbocycles. The van der Waals surface area contributed by atoms with Gasteiger partial charge in [0, 0.05) is 25.7 Å². The van der Waals surface area contributed by atoms with E-state index in [1.807, 2.05) is 0 Å². The fraction of sp³-hybridized carbons (Fsp3) is 0.500. The molecule has 24 heavy (non-hydrogen) atoms. The number of carbonyl (C=O) groups excluding carboxylic acids is 1. The topological polar surface area (TPSA) is 104 Å². The first kappa shape index (κ1) is 18.4. The van der Waals surface area contributed by atoms with E-state index in [1.54, 1.807) is 0 Å². The monoisotopic (exact) mass is 354 g/mol. The molecule has 2 N–H and O–H groups in total. The minimum absolute atomic E-state index is 0.0433. The van der Waals surface area contributed by atoms with Gasteiger partial charge < -0.3 is 10.4 Å². The van der Waals surface area contributed by atoms with Crippen LogP contribution in [0.1, 0.15) is 36.0 Å². The van der Waals surface area contributed by atoms with Crippen molar-refractivity contribution in [3.8, 4) is 0 Å². The van der Waals surface area contributed by atoms with Gasteiger partial charge in [-0.15, -0.1) is 0 Å². The molecule has 0 aromatic heterocycles. The fourth-order valence-electron chi connectivity index (χ4n) is 2.74. The van der Waals surface area contributed by atoms with E-state index in [2.05, 4.69) is 5.32 Å². The van der Waals surface area contributed by atoms with Crippen LogP contribution < -0.4 is 5.32 Å². The molecule has 0 bridgehead atoms. The Morgan fingerprint density at radius 1 is 1.08 bits per heavy atom. The van der Waals surface area contributed by atoms with Gasteiger partial charge in [0.15, 0.2) is 0 Å². The Morgan fingerprint density at radius 3 is 2.08 bits per heavy atom. The van der Waals surface area contributed by atoms with Gasteiger partial charge in [0.05, 0.1) is 10.8 Å². The molecule has 1 aromatic rings. The van der Waals surface area contributed by atoms with Crippen molar-refractivity contribution in [2.75, 3.05) is 14.1 Å². The van der Waals surface area contributed by atoms with Crippen molar-refractivity contribution in [2.24, 2.45) is 5.92 Å². The second kappa shape index (κ2) is 7.31. The van der Waals surface area contributed by atoms with Crippen LogP contribution in [0.2, 0.25) is 0 Å². The lowest BCUT2D eigenvalue weighted by Gasteiger charge is -2.26. The second-order valence-electron chi connectivity index (χ2n) is 6.17. The molecule has 132 valence electrons. The Bertz CT molecular complexity index is 704. The molecular weight excluding hydrogens is 332 g/mol. The fourth-order valence-corrected chi connectivity index (χ4v) is 3.64. The number of rotatable bonds is 5. The van der Waals surface area contributed by atoms with E-state index < -0.39 is 16.0 Å². The summed E-state index contributed by atoms with van der Waals surface area (Å²) >= 11 is 0. The second-order valence-corrected chi connectivity index (χ2v) is 8.32. The first-order chi connectivity index (χ1) is 11.2. The molecule has 8 heteroatoms. The summed E-state index contributed by atoms with van der Waals surface area (Å²) in [5, 5.41) is 11.9. The van der Waals surface area contributed by atoms with Crippen LogP contribution in [0.3, 0.4) is 0 Å². The standard InChI is InChI=1S/C16H22N2O5S/c1-18(2)24(22,23)14-9-5-11(6-10-14)15(19)17-13-7-3-12(4-8-13)16(20)21/h5-6,9-10,12-13H,3-4,7-8H2,1-2H3,(H,17,19)(H,20,21). The van der Waals surface area contributed by atoms with Crippen LogP contribution in [0.5, 0.6) is 0 Å². The molecule has 0 heterocycles. The third-order valence-electron chi connectivity index (χ3n) is 4.31. The summed E-state index contributed by atoms with van der Waals surface area (Å²) in [5.41, 5.74) is 0.382. The van der Waals surface area contributed by atoms with Gasteiger partial charge in [-0.2, -0.15) is 0 Å². The highest BCUT2D eigenvalue weighted by Gasteiger charge is 2.27. The van der Waals surface area contributed by atoms with E-state index in [1.165, 1.54) is 38.4 Å². The van der Waals surface area contributed by atoms with Crippen molar-refractivity contribution in [1.82, 2.24) is 9.62 Å². The smallest absolute Gasteiger partial charge is 0.306 e. The number of hydrogen-bond acceptors (Lipinski definition) is 4. The number of sulfonamides is 1. The van der Waals surface area contributed by atoms with E-state index in [0.717, 1.165) is 4.31 Å². The van der Waals surface area contributed by atoms with Crippen molar-refractivity contribution < 1.29 is 23.1 Å². The third kappa shape index (κ3) is 4.12. The average Bonchev–Trinajstić information content (AvgIpc) is 2.55. The van der Waals surface area contributed by atoms with Gasteiger partial charge in [-0.3, -0.25) is 9.59 Å². The van der Waals surface area contributed by atoms with Crippen LogP contribution >= 0.6 is 0 Å². The summed E-state index contributed by atoms with van der Waals surface area (Å²) < 4.78 is 25.1. The summed E-state index contributed by atoms with van der Waals surface area (Å²) in [6.45, 7) is 0. The number of nitrogens with one attached hydrogen (secondary N) is 1. The normalized spacial score (nSPS) is 21.5. The number of carboxylic acids is 1. The molecule has 2 rings (SSSR count). The van der Waals surface area contributed by atoms with Gasteiger partial charge >= 0.3 is 5.97 Å². The Balaban J connectivity index is 1.98. The lowest BCUT2D eigenvalue weighted by atomic mass is 9.86. The molecular formula is C16H22N2O5S. The van der Waals surface area contributed by atoms with Crippen LogP contribution in [0, 0.1) is 5.92 Å². The summed E-state index contributed by atoms with van der Waals surface area (Å²) in [4.78, 5) is 23.3. The Morgan fingerprint density at radius 2 is 1.62 bits per heavy atom. The zero-order valence-electron chi connectivity index (χ0n) is 13.7. The van der Waals surface area contributed by atoms with Gasteiger partial charge in [-0.05, 0) is 49.9 Å². The predicted molar refractivity (Wildman–Crippen MR) is 88.2 cm³/mol. The summed E-state index contributed by atoms with van der Waals surface area (Å²) in [6, 6.07) is 5.73. The van der Waals surface area contributed by atoms with Crippen LogP contribution in [0.15, 0.2) is 29.2 Å². The Labute approximate surface area is 141 Å². The Hall–Kier alpha value is -1.93. The summed E-state index contributed by atoms with van der Waals surface area (Å²) in [6.07, 6.45) is 2.38. The highest BCUT2D eigenvalue weighted by atomic mass is 32.2. The van der Waals surface area contributed by atoms with Gasteiger partial charge in [0.1, 0.15) is 0 Å². The van der Waals surface area contributed by atoms with E-state index in [4.69, 9.17) is 5.11 Å². The molecule has 1 saturated carbocycles. The molecule has 1 aliphatic rings. The Kier molecular flexibility index (Phi) is 5.61. The number of carbonyl (C=O) groups is 2. The van der Waals surface area contributed by atoms with Crippen molar-refractivity contribution >= 4 is 21.9 Å². The highest BCUT2D eigenvalue weighted by molar-refractivity contribution is 7.89. The van der Waals surface area contributed by atoms with Crippen LogP contribution in [0.25, 0.3) is 0 Å². The SMILES string of the molecule is CN(C)S(=O)(=O)c1ccc(C(=O)NC2CCC(C(=O)O)CC2)cc1. The van der Waals surface area contributed by atoms with Gasteiger partial charge in [0.2, 0.25) is 10.0 Å². The van der Waals surface area contributed by atoms with E-state index in [0.29, 0.717) is 31.2 Å². The maximum atomic E-state index is 12.2. The van der Waals surface area contributed by atoms with Crippen LogP contribution in [-0.2, 0) is 14.8 Å². The zero-order chi connectivity index (χ0) is 17.9. The van der Waals surface area contributed by atoms with Crippen molar-refractivity contribution in [2.45, 2.75) is 36.6 Å². The molecule has 7 nitrogen and oxygen atoms in total. The molecule has 0 aliphatic heterocycles. The maximum Gasteiger partial charge on any atom is 0.306 e. The largest absolute Gasteiger partial charge is 0.481 e. The summed E-state index contributed by atoms with van der Waals surface area (Å²) in [7, 11) is -0.619. The quantitative estimate of drug-likeness (QED) is 0.830. The first-order valence-electron chi connectivity index (χ1n) is 7.78. The van der Waals surface area contributed by atoms with Crippen LogP contribution in [0.4, 0.5) is 0 Å². The number of aliphatic carboxylic acids is 1. The van der Waals surface area contributed by atoms with E-state index >= 15 is 0 Å². The first-order valence-corrected chi connectivity index (χ1v) is 9.22. The minimum Gasteiger partial charge on any atom is -0.481 e. The highest BCUT2D eigenvalue weighted by Crippen LogP contribution is 2.24. The van der Waals surface area contributed by atoms with Crippen molar-refractivity contribution in [3.63, 3.8) is 0 Å². The van der Waals surface area contributed by atoms with Gasteiger partial charge in [0.25, 0.3) is 5.91 Å². The van der Waals surface area contributed by atoms with E-state index in [9.17, 15) is 18.0 Å².